The van der Waals surface area contributed by atoms with E-state index in [9.17, 15) is 4.79 Å². The summed E-state index contributed by atoms with van der Waals surface area (Å²) in [7, 11) is 1.68. The second-order valence-corrected chi connectivity index (χ2v) is 9.59. The zero-order chi connectivity index (χ0) is 23.7. The number of hydrogen-bond acceptors (Lipinski definition) is 7. The summed E-state index contributed by atoms with van der Waals surface area (Å²) >= 11 is 1.40. The molecule has 0 radical (unpaired) electrons. The number of ether oxygens (including phenoxy) is 1. The van der Waals surface area contributed by atoms with Crippen LogP contribution in [0.25, 0.3) is 21.8 Å². The summed E-state index contributed by atoms with van der Waals surface area (Å²) in [5.74, 6) is 1.91. The quantitative estimate of drug-likeness (QED) is 0.398. The fourth-order valence-corrected chi connectivity index (χ4v) is 5.85. The van der Waals surface area contributed by atoms with Gasteiger partial charge >= 0.3 is 0 Å². The highest BCUT2D eigenvalue weighted by atomic mass is 32.1. The van der Waals surface area contributed by atoms with Gasteiger partial charge in [0.25, 0.3) is 5.91 Å². The van der Waals surface area contributed by atoms with Crippen LogP contribution in [0.2, 0.25) is 0 Å². The van der Waals surface area contributed by atoms with Gasteiger partial charge < -0.3 is 14.5 Å². The topological polar surface area (TPSA) is 80.5 Å². The first kappa shape index (κ1) is 22.6. The summed E-state index contributed by atoms with van der Waals surface area (Å²) in [5.41, 5.74) is 2.91. The lowest BCUT2D eigenvalue weighted by Crippen LogP contribution is -2.36. The molecule has 1 N–H and O–H groups in total. The Morgan fingerprint density at radius 2 is 2.03 bits per heavy atom. The fraction of sp³-hybridized carbons (Fsp3) is 0.346. The molecule has 1 fully saturated rings. The second-order valence-electron chi connectivity index (χ2n) is 8.59. The second kappa shape index (κ2) is 9.56. The van der Waals surface area contributed by atoms with Crippen molar-refractivity contribution < 1.29 is 13.9 Å². The van der Waals surface area contributed by atoms with Gasteiger partial charge in [0, 0.05) is 11.9 Å². The molecule has 4 aromatic rings. The number of carbonyl (C=O) groups excluding carboxylic acids is 1. The van der Waals surface area contributed by atoms with E-state index in [2.05, 4.69) is 32.3 Å². The largest absolute Gasteiger partial charge is 0.497 e. The summed E-state index contributed by atoms with van der Waals surface area (Å²) in [4.78, 5) is 26.5. The van der Waals surface area contributed by atoms with Gasteiger partial charge in [-0.05, 0) is 75.2 Å². The van der Waals surface area contributed by atoms with E-state index in [4.69, 9.17) is 9.15 Å². The summed E-state index contributed by atoms with van der Waals surface area (Å²) in [6.07, 6.45) is 3.97. The Morgan fingerprint density at radius 3 is 2.76 bits per heavy atom. The van der Waals surface area contributed by atoms with E-state index < -0.39 is 0 Å². The Bertz CT molecular complexity index is 1310. The van der Waals surface area contributed by atoms with E-state index in [1.807, 2.05) is 38.1 Å². The van der Waals surface area contributed by atoms with Crippen LogP contribution in [-0.2, 0) is 0 Å². The number of fused-ring (bicyclic) bond motifs is 1. The fourth-order valence-electron chi connectivity index (χ4n) is 4.70. The van der Waals surface area contributed by atoms with Crippen LogP contribution in [0.5, 0.6) is 5.75 Å². The molecular weight excluding hydrogens is 448 g/mol. The molecule has 1 amide bonds. The van der Waals surface area contributed by atoms with Crippen molar-refractivity contribution in [1.29, 1.82) is 0 Å². The number of carbonyl (C=O) groups is 1. The molecular formula is C26H28N4O3S. The average molecular weight is 477 g/mol. The SMILES string of the molecule is COc1cccc([C@@H](CNC(=O)c2sc3nc(-c4ccco4)nc(C)c3c2C)N2CCCC2)c1. The number of amides is 1. The monoisotopic (exact) mass is 476 g/mol. The molecule has 1 aliphatic rings. The number of methoxy groups -OCH3 is 1. The zero-order valence-corrected chi connectivity index (χ0v) is 20.4. The van der Waals surface area contributed by atoms with Crippen molar-refractivity contribution in [2.75, 3.05) is 26.7 Å². The molecule has 0 unspecified atom stereocenters. The molecule has 4 heterocycles. The number of nitrogens with one attached hydrogen (secondary N) is 1. The Labute approximate surface area is 202 Å². The number of rotatable bonds is 7. The first-order valence-corrected chi connectivity index (χ1v) is 12.3. The van der Waals surface area contributed by atoms with Crippen molar-refractivity contribution in [1.82, 2.24) is 20.2 Å². The lowest BCUT2D eigenvalue weighted by molar-refractivity contribution is 0.0941. The molecule has 34 heavy (non-hydrogen) atoms. The molecule has 1 aliphatic heterocycles. The maximum absolute atomic E-state index is 13.3. The van der Waals surface area contributed by atoms with E-state index in [1.165, 1.54) is 24.2 Å². The van der Waals surface area contributed by atoms with Gasteiger partial charge in [-0.1, -0.05) is 12.1 Å². The highest BCUT2D eigenvalue weighted by Gasteiger charge is 2.26. The minimum atomic E-state index is -0.0773. The zero-order valence-electron chi connectivity index (χ0n) is 19.6. The van der Waals surface area contributed by atoms with E-state index in [0.717, 1.165) is 45.9 Å². The maximum Gasteiger partial charge on any atom is 0.261 e. The van der Waals surface area contributed by atoms with Crippen molar-refractivity contribution in [2.45, 2.75) is 32.7 Å². The number of aromatic nitrogens is 2. The first-order chi connectivity index (χ1) is 16.5. The van der Waals surface area contributed by atoms with Crippen LogP contribution < -0.4 is 10.1 Å². The van der Waals surface area contributed by atoms with Gasteiger partial charge in [-0.15, -0.1) is 11.3 Å². The van der Waals surface area contributed by atoms with Crippen molar-refractivity contribution in [3.8, 4) is 17.3 Å². The predicted molar refractivity (Wildman–Crippen MR) is 133 cm³/mol. The minimum Gasteiger partial charge on any atom is -0.497 e. The Hall–Kier alpha value is -3.23. The molecule has 7 nitrogen and oxygen atoms in total. The highest BCUT2D eigenvalue weighted by Crippen LogP contribution is 2.33. The maximum atomic E-state index is 13.3. The van der Waals surface area contributed by atoms with Gasteiger partial charge in [0.1, 0.15) is 10.6 Å². The van der Waals surface area contributed by atoms with Crippen LogP contribution in [0.1, 0.15) is 45.4 Å². The molecule has 0 aliphatic carbocycles. The van der Waals surface area contributed by atoms with Gasteiger partial charge in [0.15, 0.2) is 11.6 Å². The number of nitrogens with zero attached hydrogens (tertiary/aromatic N) is 3. The number of thiophene rings is 1. The average Bonchev–Trinajstić information content (AvgIpc) is 3.61. The number of likely N-dealkylation sites (tertiary alicyclic amines) is 1. The smallest absolute Gasteiger partial charge is 0.261 e. The molecule has 8 heteroatoms. The van der Waals surface area contributed by atoms with Gasteiger partial charge in [0.05, 0.1) is 30.0 Å². The van der Waals surface area contributed by atoms with Crippen molar-refractivity contribution in [2.24, 2.45) is 0 Å². The van der Waals surface area contributed by atoms with Gasteiger partial charge in [0.2, 0.25) is 0 Å². The number of furan rings is 1. The Balaban J connectivity index is 1.40. The molecule has 1 atom stereocenters. The van der Waals surface area contributed by atoms with Crippen LogP contribution in [0, 0.1) is 13.8 Å². The van der Waals surface area contributed by atoms with E-state index >= 15 is 0 Å². The summed E-state index contributed by atoms with van der Waals surface area (Å²) in [6, 6.07) is 11.9. The minimum absolute atomic E-state index is 0.0773. The highest BCUT2D eigenvalue weighted by molar-refractivity contribution is 7.20. The van der Waals surface area contributed by atoms with Crippen LogP contribution in [-0.4, -0.2) is 47.5 Å². The molecule has 176 valence electrons. The molecule has 5 rings (SSSR count). The third-order valence-corrected chi connectivity index (χ3v) is 7.62. The van der Waals surface area contributed by atoms with Crippen molar-refractivity contribution in [3.63, 3.8) is 0 Å². The van der Waals surface area contributed by atoms with Crippen molar-refractivity contribution in [3.05, 3.63) is 64.4 Å². The van der Waals surface area contributed by atoms with Gasteiger partial charge in [-0.25, -0.2) is 9.97 Å². The third kappa shape index (κ3) is 4.31. The van der Waals surface area contributed by atoms with E-state index in [0.29, 0.717) is 23.0 Å². The number of benzene rings is 1. The normalized spacial score (nSPS) is 15.0. The van der Waals surface area contributed by atoms with Crippen LogP contribution in [0.3, 0.4) is 0 Å². The van der Waals surface area contributed by atoms with Crippen LogP contribution in [0.4, 0.5) is 0 Å². The van der Waals surface area contributed by atoms with Crippen molar-refractivity contribution >= 4 is 27.5 Å². The molecule has 3 aromatic heterocycles. The molecule has 1 saturated heterocycles. The molecule has 1 aromatic carbocycles. The summed E-state index contributed by atoms with van der Waals surface area (Å²) < 4.78 is 10.9. The summed E-state index contributed by atoms with van der Waals surface area (Å²) in [6.45, 7) is 6.51. The molecule has 0 saturated carbocycles. The number of hydrogen-bond donors (Lipinski definition) is 1. The van der Waals surface area contributed by atoms with E-state index in [1.54, 1.807) is 13.4 Å². The first-order valence-electron chi connectivity index (χ1n) is 11.5. The van der Waals surface area contributed by atoms with Crippen LogP contribution >= 0.6 is 11.3 Å². The lowest BCUT2D eigenvalue weighted by Gasteiger charge is -2.28. The van der Waals surface area contributed by atoms with Gasteiger partial charge in [-0.2, -0.15) is 0 Å². The summed E-state index contributed by atoms with van der Waals surface area (Å²) in [5, 5.41) is 4.14. The lowest BCUT2D eigenvalue weighted by atomic mass is 10.0. The molecule has 0 spiro atoms. The van der Waals surface area contributed by atoms with Crippen LogP contribution in [0.15, 0.2) is 47.1 Å². The Morgan fingerprint density at radius 1 is 1.21 bits per heavy atom. The van der Waals surface area contributed by atoms with Gasteiger partial charge in [-0.3, -0.25) is 9.69 Å². The standard InChI is InChI=1S/C26H28N4O3S/c1-16-22-17(2)28-24(21-10-7-13-33-21)29-26(22)34-23(16)25(31)27-15-20(30-11-4-5-12-30)18-8-6-9-19(14-18)32-3/h6-10,13-14,20H,4-5,11-12,15H2,1-3H3,(H,27,31)/t20-/m1/s1. The third-order valence-electron chi connectivity index (χ3n) is 6.43. The number of aryl methyl sites for hydroxylation is 2. The Kier molecular flexibility index (Phi) is 6.34. The van der Waals surface area contributed by atoms with E-state index in [-0.39, 0.29) is 11.9 Å². The molecule has 0 bridgehead atoms. The predicted octanol–water partition coefficient (Wildman–Crippen LogP) is 5.14.